The SMILES string of the molecule is CN(CC1CCCCC1)C1CCC1CNC(C)(C)C. The molecule has 0 spiro atoms. The Morgan fingerprint density at radius 3 is 2.21 bits per heavy atom. The van der Waals surface area contributed by atoms with Crippen LogP contribution in [0.4, 0.5) is 0 Å². The van der Waals surface area contributed by atoms with Gasteiger partial charge in [0.2, 0.25) is 0 Å². The number of hydrogen-bond acceptors (Lipinski definition) is 2. The van der Waals surface area contributed by atoms with Gasteiger partial charge in [0, 0.05) is 18.1 Å². The van der Waals surface area contributed by atoms with E-state index in [9.17, 15) is 0 Å². The standard InChI is InChI=1S/C17H34N2/c1-17(2,3)18-12-15-10-11-16(15)19(4)13-14-8-6-5-7-9-14/h14-16,18H,5-13H2,1-4H3. The quantitative estimate of drug-likeness (QED) is 0.817. The van der Waals surface area contributed by atoms with Crippen LogP contribution in [-0.4, -0.2) is 36.6 Å². The Bertz CT molecular complexity index is 263. The molecule has 0 aromatic carbocycles. The highest BCUT2D eigenvalue weighted by Gasteiger charge is 2.34. The van der Waals surface area contributed by atoms with Gasteiger partial charge in [-0.25, -0.2) is 0 Å². The zero-order valence-corrected chi connectivity index (χ0v) is 13.5. The maximum absolute atomic E-state index is 3.69. The lowest BCUT2D eigenvalue weighted by atomic mass is 9.77. The summed E-state index contributed by atoms with van der Waals surface area (Å²) in [4.78, 5) is 2.68. The molecular weight excluding hydrogens is 232 g/mol. The van der Waals surface area contributed by atoms with Crippen molar-refractivity contribution >= 4 is 0 Å². The lowest BCUT2D eigenvalue weighted by Gasteiger charge is -2.45. The van der Waals surface area contributed by atoms with Gasteiger partial charge in [-0.3, -0.25) is 0 Å². The fraction of sp³-hybridized carbons (Fsp3) is 1.00. The lowest BCUT2D eigenvalue weighted by molar-refractivity contribution is 0.0617. The first-order valence-electron chi connectivity index (χ1n) is 8.41. The molecule has 0 aromatic heterocycles. The van der Waals surface area contributed by atoms with Crippen molar-refractivity contribution < 1.29 is 0 Å². The molecule has 2 unspecified atom stereocenters. The molecule has 0 heterocycles. The summed E-state index contributed by atoms with van der Waals surface area (Å²) in [5.74, 6) is 1.86. The molecule has 0 aliphatic heterocycles. The Labute approximate surface area is 120 Å². The normalized spacial score (nSPS) is 29.5. The van der Waals surface area contributed by atoms with Crippen molar-refractivity contribution in [3.05, 3.63) is 0 Å². The minimum atomic E-state index is 0.266. The van der Waals surface area contributed by atoms with E-state index in [0.29, 0.717) is 0 Å². The fourth-order valence-corrected chi connectivity index (χ4v) is 3.72. The fourth-order valence-electron chi connectivity index (χ4n) is 3.72. The zero-order valence-electron chi connectivity index (χ0n) is 13.5. The number of nitrogens with one attached hydrogen (secondary N) is 1. The van der Waals surface area contributed by atoms with Crippen LogP contribution in [0.5, 0.6) is 0 Å². The van der Waals surface area contributed by atoms with Gasteiger partial charge >= 0.3 is 0 Å². The zero-order chi connectivity index (χ0) is 13.9. The van der Waals surface area contributed by atoms with Gasteiger partial charge in [-0.05, 0) is 71.9 Å². The topological polar surface area (TPSA) is 15.3 Å². The predicted octanol–water partition coefficient (Wildman–Crippen LogP) is 3.67. The van der Waals surface area contributed by atoms with Gasteiger partial charge in [-0.2, -0.15) is 0 Å². The lowest BCUT2D eigenvalue weighted by Crippen LogP contribution is -2.52. The molecule has 19 heavy (non-hydrogen) atoms. The molecule has 2 fully saturated rings. The average molecular weight is 266 g/mol. The summed E-state index contributed by atoms with van der Waals surface area (Å²) in [5.41, 5.74) is 0.266. The van der Waals surface area contributed by atoms with Crippen molar-refractivity contribution in [2.75, 3.05) is 20.1 Å². The summed E-state index contributed by atoms with van der Waals surface area (Å²) in [5, 5.41) is 3.69. The van der Waals surface area contributed by atoms with Gasteiger partial charge in [0.1, 0.15) is 0 Å². The third-order valence-electron chi connectivity index (χ3n) is 5.11. The van der Waals surface area contributed by atoms with Gasteiger partial charge in [-0.1, -0.05) is 19.3 Å². The monoisotopic (exact) mass is 266 g/mol. The van der Waals surface area contributed by atoms with Gasteiger partial charge in [0.25, 0.3) is 0 Å². The number of rotatable bonds is 5. The molecule has 0 saturated heterocycles. The van der Waals surface area contributed by atoms with E-state index in [4.69, 9.17) is 0 Å². The van der Waals surface area contributed by atoms with Crippen LogP contribution in [0.15, 0.2) is 0 Å². The second-order valence-electron chi connectivity index (χ2n) is 7.98. The third-order valence-corrected chi connectivity index (χ3v) is 5.11. The van der Waals surface area contributed by atoms with Crippen LogP contribution in [0.1, 0.15) is 65.7 Å². The van der Waals surface area contributed by atoms with E-state index in [1.807, 2.05) is 0 Å². The van der Waals surface area contributed by atoms with Gasteiger partial charge < -0.3 is 10.2 Å². The van der Waals surface area contributed by atoms with Crippen LogP contribution >= 0.6 is 0 Å². The highest BCUT2D eigenvalue weighted by atomic mass is 15.2. The van der Waals surface area contributed by atoms with Crippen LogP contribution < -0.4 is 5.32 Å². The molecule has 0 aromatic rings. The predicted molar refractivity (Wildman–Crippen MR) is 83.5 cm³/mol. The molecule has 0 radical (unpaired) electrons. The summed E-state index contributed by atoms with van der Waals surface area (Å²) in [7, 11) is 2.36. The van der Waals surface area contributed by atoms with Crippen molar-refractivity contribution in [1.29, 1.82) is 0 Å². The van der Waals surface area contributed by atoms with E-state index < -0.39 is 0 Å². The first-order valence-corrected chi connectivity index (χ1v) is 8.41. The van der Waals surface area contributed by atoms with E-state index in [1.54, 1.807) is 0 Å². The minimum absolute atomic E-state index is 0.266. The Kier molecular flexibility index (Phi) is 5.30. The first kappa shape index (κ1) is 15.3. The largest absolute Gasteiger partial charge is 0.312 e. The van der Waals surface area contributed by atoms with E-state index >= 15 is 0 Å². The summed E-state index contributed by atoms with van der Waals surface area (Å²) < 4.78 is 0. The Hall–Kier alpha value is -0.0800. The minimum Gasteiger partial charge on any atom is -0.312 e. The van der Waals surface area contributed by atoms with E-state index in [2.05, 4.69) is 38.0 Å². The van der Waals surface area contributed by atoms with Gasteiger partial charge in [0.15, 0.2) is 0 Å². The molecule has 0 bridgehead atoms. The van der Waals surface area contributed by atoms with Crippen LogP contribution in [0.2, 0.25) is 0 Å². The molecule has 2 saturated carbocycles. The molecule has 2 nitrogen and oxygen atoms in total. The Balaban J connectivity index is 1.71. The summed E-state index contributed by atoms with van der Waals surface area (Å²) in [6, 6.07) is 0.844. The van der Waals surface area contributed by atoms with Crippen LogP contribution in [0.25, 0.3) is 0 Å². The molecule has 2 aliphatic rings. The number of hydrogen-bond donors (Lipinski definition) is 1. The highest BCUT2D eigenvalue weighted by molar-refractivity contribution is 4.91. The second kappa shape index (κ2) is 6.58. The molecule has 2 aliphatic carbocycles. The van der Waals surface area contributed by atoms with Crippen LogP contribution in [-0.2, 0) is 0 Å². The van der Waals surface area contributed by atoms with E-state index in [0.717, 1.165) is 17.9 Å². The molecule has 0 amide bonds. The van der Waals surface area contributed by atoms with E-state index in [-0.39, 0.29) is 5.54 Å². The maximum atomic E-state index is 3.69. The van der Waals surface area contributed by atoms with Gasteiger partial charge in [-0.15, -0.1) is 0 Å². The van der Waals surface area contributed by atoms with Crippen molar-refractivity contribution in [1.82, 2.24) is 10.2 Å². The van der Waals surface area contributed by atoms with Crippen molar-refractivity contribution in [2.24, 2.45) is 11.8 Å². The van der Waals surface area contributed by atoms with Crippen molar-refractivity contribution in [3.8, 4) is 0 Å². The molecule has 2 rings (SSSR count). The number of nitrogens with zero attached hydrogens (tertiary/aromatic N) is 1. The third kappa shape index (κ3) is 4.75. The highest BCUT2D eigenvalue weighted by Crippen LogP contribution is 2.33. The summed E-state index contributed by atoms with van der Waals surface area (Å²) in [6.45, 7) is 9.35. The van der Waals surface area contributed by atoms with Crippen molar-refractivity contribution in [3.63, 3.8) is 0 Å². The van der Waals surface area contributed by atoms with Crippen LogP contribution in [0.3, 0.4) is 0 Å². The van der Waals surface area contributed by atoms with Gasteiger partial charge in [0.05, 0.1) is 0 Å². The molecule has 2 atom stereocenters. The molecular formula is C17H34N2. The smallest absolute Gasteiger partial charge is 0.0133 e. The molecule has 1 N–H and O–H groups in total. The average Bonchev–Trinajstić information content (AvgIpc) is 2.27. The summed E-state index contributed by atoms with van der Waals surface area (Å²) in [6.07, 6.45) is 10.2. The van der Waals surface area contributed by atoms with Crippen LogP contribution in [0, 0.1) is 11.8 Å². The second-order valence-corrected chi connectivity index (χ2v) is 7.98. The Morgan fingerprint density at radius 1 is 1.00 bits per heavy atom. The maximum Gasteiger partial charge on any atom is 0.0133 e. The van der Waals surface area contributed by atoms with E-state index in [1.165, 1.54) is 58.0 Å². The Morgan fingerprint density at radius 2 is 1.68 bits per heavy atom. The van der Waals surface area contributed by atoms with Crippen molar-refractivity contribution in [2.45, 2.75) is 77.3 Å². The first-order chi connectivity index (χ1) is 8.96. The molecule has 2 heteroatoms. The summed E-state index contributed by atoms with van der Waals surface area (Å²) >= 11 is 0. The molecule has 112 valence electrons.